The Morgan fingerprint density at radius 3 is 2.28 bits per heavy atom. The molecule has 3 heterocycles. The number of aromatic amines is 1. The van der Waals surface area contributed by atoms with Crippen LogP contribution in [-0.2, 0) is 32.5 Å². The van der Waals surface area contributed by atoms with Crippen LogP contribution in [0.15, 0.2) is 86.9 Å². The van der Waals surface area contributed by atoms with E-state index >= 15 is 0 Å². The summed E-state index contributed by atoms with van der Waals surface area (Å²) in [5, 5.41) is 3.86. The van der Waals surface area contributed by atoms with E-state index in [9.17, 15) is 9.59 Å². The number of hydrogen-bond acceptors (Lipinski definition) is 6. The second kappa shape index (κ2) is 12.3. The van der Waals surface area contributed by atoms with E-state index in [2.05, 4.69) is 46.2 Å². The highest BCUT2D eigenvalue weighted by atomic mass is 32.1. The number of rotatable bonds is 9. The Kier molecular flexibility index (Phi) is 8.16. The van der Waals surface area contributed by atoms with Crippen molar-refractivity contribution in [2.75, 3.05) is 0 Å². The van der Waals surface area contributed by atoms with E-state index in [-0.39, 0.29) is 5.56 Å². The lowest BCUT2D eigenvalue weighted by molar-refractivity contribution is 0.388. The van der Waals surface area contributed by atoms with Crippen LogP contribution in [0.5, 0.6) is 0 Å². The molecule has 0 unspecified atom stereocenters. The lowest BCUT2D eigenvalue weighted by Gasteiger charge is -2.21. The highest BCUT2D eigenvalue weighted by Crippen LogP contribution is 2.30. The monoisotopic (exact) mass is 591 g/mol. The van der Waals surface area contributed by atoms with Crippen LogP contribution < -0.4 is 11.3 Å². The fourth-order valence-corrected chi connectivity index (χ4v) is 5.95. The van der Waals surface area contributed by atoms with Gasteiger partial charge in [0.05, 0.1) is 11.5 Å². The quantitative estimate of drug-likeness (QED) is 0.215. The number of unbranched alkanes of at least 4 members (excludes halogenated alkanes) is 1. The number of H-pyrrole nitrogens is 1. The third kappa shape index (κ3) is 5.99. The van der Waals surface area contributed by atoms with Crippen molar-refractivity contribution in [1.82, 2.24) is 24.6 Å². The second-order valence-electron chi connectivity index (χ2n) is 11.0. The molecule has 0 bridgehead atoms. The molecule has 218 valence electrons. The Morgan fingerprint density at radius 1 is 0.953 bits per heavy atom. The molecule has 0 fully saturated rings. The Hall–Kier alpha value is -4.63. The summed E-state index contributed by atoms with van der Waals surface area (Å²) in [7, 11) is 0. The Morgan fingerprint density at radius 2 is 1.63 bits per heavy atom. The number of hydrogen-bond donors (Lipinski definition) is 1. The summed E-state index contributed by atoms with van der Waals surface area (Å²) in [6, 6.07) is 24.2. The Labute approximate surface area is 255 Å². The molecular formula is C34H33N5O3S. The van der Waals surface area contributed by atoms with Crippen LogP contribution in [0.2, 0.25) is 0 Å². The van der Waals surface area contributed by atoms with Crippen LogP contribution >= 0.6 is 12.2 Å². The first-order valence-corrected chi connectivity index (χ1v) is 15.0. The Bertz CT molecular complexity index is 1880. The number of thiocarbonyl (C=S) groups is 1. The number of nitrogens with zero attached hydrogens (tertiary/aromatic N) is 4. The van der Waals surface area contributed by atoms with Crippen LogP contribution in [-0.4, -0.2) is 29.6 Å². The first-order valence-electron chi connectivity index (χ1n) is 14.6. The molecule has 0 aliphatic carbocycles. The molecule has 0 saturated heterocycles. The zero-order valence-electron chi connectivity index (χ0n) is 24.3. The number of aryl methyl sites for hydroxylation is 2. The lowest BCUT2D eigenvalue weighted by Crippen LogP contribution is -2.34. The van der Waals surface area contributed by atoms with Gasteiger partial charge >= 0.3 is 5.76 Å². The highest BCUT2D eigenvalue weighted by Gasteiger charge is 2.23. The molecule has 0 amide bonds. The number of fused-ring (bicyclic) bond motifs is 1. The highest BCUT2D eigenvalue weighted by molar-refractivity contribution is 7.80. The van der Waals surface area contributed by atoms with Gasteiger partial charge in [-0.05, 0) is 41.2 Å². The smallest absolute Gasteiger partial charge is 0.357 e. The SMILES string of the molecule is CCCCc1nc(C)c(CC(=S)N2Cc3ccccc3C2)c(=O)n1Cc1ccc(-c2ccccc2-c2noc(=O)[nH]2)cc1. The first-order chi connectivity index (χ1) is 20.9. The van der Waals surface area contributed by atoms with Gasteiger partial charge in [0.25, 0.3) is 5.56 Å². The molecule has 43 heavy (non-hydrogen) atoms. The maximum Gasteiger partial charge on any atom is 0.439 e. The standard InChI is InChI=1S/C34H33N5O3S/c1-3-4-13-30-35-22(2)29(18-31(43)38-20-25-9-5-6-10-26(25)21-38)33(40)39(30)19-23-14-16-24(17-15-23)27-11-7-8-12-28(27)32-36-34(41)42-37-32/h5-12,14-17H,3-4,13,18-21H2,1-2H3,(H,36,37,41). The van der Waals surface area contributed by atoms with Gasteiger partial charge in [0.1, 0.15) is 5.82 Å². The fraction of sp³-hybridized carbons (Fsp3) is 0.265. The van der Waals surface area contributed by atoms with Crippen molar-refractivity contribution in [1.29, 1.82) is 0 Å². The van der Waals surface area contributed by atoms with E-state index in [4.69, 9.17) is 21.7 Å². The van der Waals surface area contributed by atoms with Crippen molar-refractivity contribution in [3.05, 3.63) is 127 Å². The average molecular weight is 592 g/mol. The average Bonchev–Trinajstić information content (AvgIpc) is 3.66. The summed E-state index contributed by atoms with van der Waals surface area (Å²) >= 11 is 5.87. The van der Waals surface area contributed by atoms with Gasteiger partial charge in [-0.1, -0.05) is 104 Å². The molecule has 3 aromatic carbocycles. The zero-order valence-corrected chi connectivity index (χ0v) is 25.1. The molecule has 1 aliphatic rings. The molecule has 6 rings (SSSR count). The van der Waals surface area contributed by atoms with Crippen molar-refractivity contribution in [2.45, 2.75) is 59.2 Å². The van der Waals surface area contributed by atoms with Crippen molar-refractivity contribution < 1.29 is 4.52 Å². The lowest BCUT2D eigenvalue weighted by atomic mass is 9.98. The van der Waals surface area contributed by atoms with Gasteiger partial charge < -0.3 is 4.90 Å². The second-order valence-corrected chi connectivity index (χ2v) is 11.4. The molecule has 0 atom stereocenters. The van der Waals surface area contributed by atoms with Crippen LogP contribution in [0, 0.1) is 6.92 Å². The first kappa shape index (κ1) is 28.5. The molecule has 1 aliphatic heterocycles. The van der Waals surface area contributed by atoms with Gasteiger partial charge in [-0.15, -0.1) is 0 Å². The minimum absolute atomic E-state index is 0.0259. The minimum atomic E-state index is -0.596. The van der Waals surface area contributed by atoms with Crippen LogP contribution in [0.3, 0.4) is 0 Å². The van der Waals surface area contributed by atoms with Crippen molar-refractivity contribution in [3.63, 3.8) is 0 Å². The van der Waals surface area contributed by atoms with E-state index in [0.29, 0.717) is 24.4 Å². The molecule has 0 spiro atoms. The molecule has 9 heteroatoms. The summed E-state index contributed by atoms with van der Waals surface area (Å²) in [4.78, 5) is 36.1. The van der Waals surface area contributed by atoms with E-state index in [1.807, 2.05) is 60.0 Å². The molecule has 0 saturated carbocycles. The number of nitrogens with one attached hydrogen (secondary N) is 1. The zero-order chi connectivity index (χ0) is 29.9. The summed E-state index contributed by atoms with van der Waals surface area (Å²) < 4.78 is 6.54. The van der Waals surface area contributed by atoms with E-state index < -0.39 is 5.76 Å². The van der Waals surface area contributed by atoms with E-state index in [1.54, 1.807) is 0 Å². The van der Waals surface area contributed by atoms with Gasteiger partial charge in [-0.2, -0.15) is 0 Å². The number of aromatic nitrogens is 4. The normalized spacial score (nSPS) is 12.5. The summed E-state index contributed by atoms with van der Waals surface area (Å²) in [5.41, 5.74) is 7.59. The molecular weight excluding hydrogens is 558 g/mol. The Balaban J connectivity index is 1.27. The van der Waals surface area contributed by atoms with Gasteiger partial charge in [-0.25, -0.2) is 9.78 Å². The van der Waals surface area contributed by atoms with E-state index in [0.717, 1.165) is 71.1 Å². The predicted molar refractivity (Wildman–Crippen MR) is 171 cm³/mol. The largest absolute Gasteiger partial charge is 0.439 e. The third-order valence-electron chi connectivity index (χ3n) is 8.05. The van der Waals surface area contributed by atoms with Crippen LogP contribution in [0.25, 0.3) is 22.5 Å². The third-order valence-corrected chi connectivity index (χ3v) is 8.45. The molecule has 0 radical (unpaired) electrons. The maximum absolute atomic E-state index is 14.0. The van der Waals surface area contributed by atoms with E-state index in [1.165, 1.54) is 11.1 Å². The topological polar surface area (TPSA) is 97.0 Å². The van der Waals surface area contributed by atoms with Gasteiger partial charge in [0.15, 0.2) is 5.82 Å². The summed E-state index contributed by atoms with van der Waals surface area (Å²) in [5.74, 6) is 0.588. The van der Waals surface area contributed by atoms with Gasteiger partial charge in [-0.3, -0.25) is 18.9 Å². The van der Waals surface area contributed by atoms with Crippen molar-refractivity contribution in [2.24, 2.45) is 0 Å². The maximum atomic E-state index is 14.0. The minimum Gasteiger partial charge on any atom is -0.357 e. The predicted octanol–water partition coefficient (Wildman–Crippen LogP) is 5.84. The number of benzene rings is 3. The molecule has 1 N–H and O–H groups in total. The van der Waals surface area contributed by atoms with Crippen LogP contribution in [0.4, 0.5) is 0 Å². The molecule has 8 nitrogen and oxygen atoms in total. The van der Waals surface area contributed by atoms with Gasteiger partial charge in [0.2, 0.25) is 0 Å². The van der Waals surface area contributed by atoms with Crippen LogP contribution in [0.1, 0.15) is 53.5 Å². The molecule has 5 aromatic rings. The summed E-state index contributed by atoms with van der Waals surface area (Å²) in [6.45, 7) is 6.02. The summed E-state index contributed by atoms with van der Waals surface area (Å²) in [6.07, 6.45) is 3.10. The fourth-order valence-electron chi connectivity index (χ4n) is 5.68. The van der Waals surface area contributed by atoms with Gasteiger partial charge in [0, 0.05) is 42.8 Å². The van der Waals surface area contributed by atoms with Crippen molar-refractivity contribution >= 4 is 17.2 Å². The van der Waals surface area contributed by atoms with Crippen molar-refractivity contribution in [3.8, 4) is 22.5 Å². The molecule has 2 aromatic heterocycles.